The fourth-order valence-corrected chi connectivity index (χ4v) is 2.38. The number of rotatable bonds is 3. The second-order valence-corrected chi connectivity index (χ2v) is 5.17. The van der Waals surface area contributed by atoms with Crippen LogP contribution in [0.3, 0.4) is 0 Å². The first kappa shape index (κ1) is 13.1. The van der Waals surface area contributed by atoms with Crippen LogP contribution in [-0.2, 0) is 13.6 Å². The maximum absolute atomic E-state index is 11.9. The van der Waals surface area contributed by atoms with Crippen LogP contribution in [-0.4, -0.2) is 15.7 Å². The lowest BCUT2D eigenvalue weighted by molar-refractivity contribution is 0.0950. The van der Waals surface area contributed by atoms with Gasteiger partial charge >= 0.3 is 0 Å². The van der Waals surface area contributed by atoms with Gasteiger partial charge in [0.2, 0.25) is 0 Å². The smallest absolute Gasteiger partial charge is 0.251 e. The summed E-state index contributed by atoms with van der Waals surface area (Å²) >= 11 is 9.19. The van der Waals surface area contributed by atoms with Gasteiger partial charge in [0.1, 0.15) is 0 Å². The molecule has 2 rings (SSSR count). The molecule has 1 aromatic heterocycles. The molecule has 0 atom stereocenters. The number of halogens is 2. The zero-order valence-electron chi connectivity index (χ0n) is 9.65. The molecular weight excluding hydrogens is 318 g/mol. The van der Waals surface area contributed by atoms with Crippen molar-refractivity contribution in [3.8, 4) is 0 Å². The van der Waals surface area contributed by atoms with Gasteiger partial charge < -0.3 is 5.32 Å². The van der Waals surface area contributed by atoms with Crippen molar-refractivity contribution in [2.45, 2.75) is 6.54 Å². The molecule has 1 aromatic carbocycles. The summed E-state index contributed by atoms with van der Waals surface area (Å²) in [6, 6.07) is 6.94. The maximum Gasteiger partial charge on any atom is 0.251 e. The largest absolute Gasteiger partial charge is 0.346 e. The Bertz CT molecular complexity index is 562. The first-order valence-electron chi connectivity index (χ1n) is 5.27. The Morgan fingerprint density at radius 3 is 2.89 bits per heavy atom. The van der Waals surface area contributed by atoms with E-state index in [0.29, 0.717) is 17.1 Å². The normalized spacial score (nSPS) is 10.4. The van der Waals surface area contributed by atoms with E-state index in [1.807, 2.05) is 19.3 Å². The molecule has 0 aliphatic carbocycles. The molecule has 1 amide bonds. The zero-order chi connectivity index (χ0) is 13.1. The number of nitrogens with one attached hydrogen (secondary N) is 1. The number of benzene rings is 1. The lowest BCUT2D eigenvalue weighted by atomic mass is 10.2. The van der Waals surface area contributed by atoms with Gasteiger partial charge in [0.05, 0.1) is 12.2 Å². The first-order valence-corrected chi connectivity index (χ1v) is 6.44. The van der Waals surface area contributed by atoms with Crippen molar-refractivity contribution in [3.63, 3.8) is 0 Å². The van der Waals surface area contributed by atoms with Crippen LogP contribution in [0.5, 0.6) is 0 Å². The molecule has 0 bridgehead atoms. The van der Waals surface area contributed by atoms with E-state index in [4.69, 9.17) is 11.6 Å². The van der Waals surface area contributed by atoms with E-state index in [1.54, 1.807) is 22.9 Å². The van der Waals surface area contributed by atoms with Crippen molar-refractivity contribution in [3.05, 3.63) is 51.2 Å². The minimum absolute atomic E-state index is 0.177. The molecule has 1 N–H and O–H groups in total. The molecule has 0 spiro atoms. The standard InChI is InChI=1S/C12H11BrClN3O/c1-17-3-2-11(16-17)7-15-12(18)8-4-9(13)6-10(14)5-8/h2-6H,7H2,1H3,(H,15,18). The molecule has 0 saturated heterocycles. The predicted octanol–water partition coefficient (Wildman–Crippen LogP) is 2.77. The molecule has 0 aliphatic rings. The van der Waals surface area contributed by atoms with E-state index >= 15 is 0 Å². The molecule has 4 nitrogen and oxygen atoms in total. The molecule has 18 heavy (non-hydrogen) atoms. The van der Waals surface area contributed by atoms with Crippen LogP contribution in [0.2, 0.25) is 5.02 Å². The van der Waals surface area contributed by atoms with Gasteiger partial charge in [-0.3, -0.25) is 9.48 Å². The first-order chi connectivity index (χ1) is 8.54. The van der Waals surface area contributed by atoms with Crippen molar-refractivity contribution in [1.29, 1.82) is 0 Å². The Morgan fingerprint density at radius 1 is 1.50 bits per heavy atom. The summed E-state index contributed by atoms with van der Waals surface area (Å²) in [5.41, 5.74) is 1.33. The third-order valence-electron chi connectivity index (χ3n) is 2.32. The number of amides is 1. The van der Waals surface area contributed by atoms with E-state index in [9.17, 15) is 4.79 Å². The third kappa shape index (κ3) is 3.34. The van der Waals surface area contributed by atoms with Gasteiger partial charge in [-0.2, -0.15) is 5.10 Å². The second kappa shape index (κ2) is 5.54. The molecule has 1 heterocycles. The Morgan fingerprint density at radius 2 is 2.28 bits per heavy atom. The van der Waals surface area contributed by atoms with E-state index < -0.39 is 0 Å². The van der Waals surface area contributed by atoms with Crippen molar-refractivity contribution in [2.75, 3.05) is 0 Å². The summed E-state index contributed by atoms with van der Waals surface area (Å²) in [4.78, 5) is 11.9. The fraction of sp³-hybridized carbons (Fsp3) is 0.167. The summed E-state index contributed by atoms with van der Waals surface area (Å²) in [5, 5.41) is 7.49. The quantitative estimate of drug-likeness (QED) is 0.942. The highest BCUT2D eigenvalue weighted by molar-refractivity contribution is 9.10. The van der Waals surface area contributed by atoms with Gasteiger partial charge in [-0.1, -0.05) is 27.5 Å². The van der Waals surface area contributed by atoms with Crippen molar-refractivity contribution in [1.82, 2.24) is 15.1 Å². The number of hydrogen-bond acceptors (Lipinski definition) is 2. The van der Waals surface area contributed by atoms with Crippen LogP contribution in [0.25, 0.3) is 0 Å². The zero-order valence-corrected chi connectivity index (χ0v) is 12.0. The highest BCUT2D eigenvalue weighted by Gasteiger charge is 2.08. The van der Waals surface area contributed by atoms with Gasteiger partial charge in [-0.15, -0.1) is 0 Å². The monoisotopic (exact) mass is 327 g/mol. The van der Waals surface area contributed by atoms with Gasteiger partial charge in [0.15, 0.2) is 0 Å². The van der Waals surface area contributed by atoms with E-state index in [-0.39, 0.29) is 5.91 Å². The highest BCUT2D eigenvalue weighted by Crippen LogP contribution is 2.19. The number of nitrogens with zero attached hydrogens (tertiary/aromatic N) is 2. The number of aromatic nitrogens is 2. The highest BCUT2D eigenvalue weighted by atomic mass is 79.9. The third-order valence-corrected chi connectivity index (χ3v) is 3.00. The molecule has 0 saturated carbocycles. The van der Waals surface area contributed by atoms with Crippen LogP contribution in [0.4, 0.5) is 0 Å². The minimum Gasteiger partial charge on any atom is -0.346 e. The Balaban J connectivity index is 2.03. The molecule has 0 fully saturated rings. The number of carbonyl (C=O) groups is 1. The fourth-order valence-electron chi connectivity index (χ4n) is 1.52. The van der Waals surface area contributed by atoms with Crippen molar-refractivity contribution in [2.24, 2.45) is 7.05 Å². The molecular formula is C12H11BrClN3O. The van der Waals surface area contributed by atoms with E-state index in [2.05, 4.69) is 26.3 Å². The summed E-state index contributed by atoms with van der Waals surface area (Å²) < 4.78 is 2.47. The van der Waals surface area contributed by atoms with Gasteiger partial charge in [-0.25, -0.2) is 0 Å². The number of carbonyl (C=O) groups excluding carboxylic acids is 1. The lowest BCUT2D eigenvalue weighted by Crippen LogP contribution is -2.23. The molecule has 6 heteroatoms. The van der Waals surface area contributed by atoms with E-state index in [0.717, 1.165) is 10.2 Å². The molecule has 0 unspecified atom stereocenters. The summed E-state index contributed by atoms with van der Waals surface area (Å²) in [6.45, 7) is 0.393. The summed E-state index contributed by atoms with van der Waals surface area (Å²) in [6.07, 6.45) is 1.83. The maximum atomic E-state index is 11.9. The van der Waals surface area contributed by atoms with Crippen LogP contribution >= 0.6 is 27.5 Å². The Labute approximate surface area is 118 Å². The van der Waals surface area contributed by atoms with Crippen LogP contribution < -0.4 is 5.32 Å². The van der Waals surface area contributed by atoms with Gasteiger partial charge in [-0.05, 0) is 24.3 Å². The predicted molar refractivity (Wildman–Crippen MR) is 73.5 cm³/mol. The molecule has 94 valence electrons. The van der Waals surface area contributed by atoms with Crippen LogP contribution in [0.15, 0.2) is 34.9 Å². The SMILES string of the molecule is Cn1ccc(CNC(=O)c2cc(Cl)cc(Br)c2)n1. The second-order valence-electron chi connectivity index (χ2n) is 3.82. The average molecular weight is 329 g/mol. The van der Waals surface area contributed by atoms with Crippen LogP contribution in [0, 0.1) is 0 Å². The minimum atomic E-state index is -0.177. The van der Waals surface area contributed by atoms with Gasteiger partial charge in [0, 0.05) is 28.3 Å². The van der Waals surface area contributed by atoms with Crippen molar-refractivity contribution < 1.29 is 4.79 Å². The van der Waals surface area contributed by atoms with Crippen molar-refractivity contribution >= 4 is 33.4 Å². The average Bonchev–Trinajstić information content (AvgIpc) is 2.70. The van der Waals surface area contributed by atoms with Gasteiger partial charge in [0.25, 0.3) is 5.91 Å². The number of aryl methyl sites for hydroxylation is 1. The Kier molecular flexibility index (Phi) is 4.04. The topological polar surface area (TPSA) is 46.9 Å². The summed E-state index contributed by atoms with van der Waals surface area (Å²) in [5.74, 6) is -0.177. The van der Waals surface area contributed by atoms with Crippen LogP contribution in [0.1, 0.15) is 16.1 Å². The Hall–Kier alpha value is -1.33. The molecule has 0 radical (unpaired) electrons. The molecule has 0 aliphatic heterocycles. The molecule has 2 aromatic rings. The lowest BCUT2D eigenvalue weighted by Gasteiger charge is -2.04. The summed E-state index contributed by atoms with van der Waals surface area (Å²) in [7, 11) is 1.83. The van der Waals surface area contributed by atoms with E-state index in [1.165, 1.54) is 0 Å². The number of hydrogen-bond donors (Lipinski definition) is 1.